The standard InChI is InChI=1S/C31H32FN3O5/c1-18-9-10-21(19(2)15-18)17-35(30(37)38-5)34-29(36)26-25(16-33-23-13-14-31(3,4)40-28(23)26)39-24-8-6-7-22(27(24)32)20-11-12-20/h6-10,13-16,20H,11-12,17H2,1-5H3,(H,34,36). The number of nitrogens with one attached hydrogen (secondary N) is 1. The van der Waals surface area contributed by atoms with Crippen molar-refractivity contribution in [3.05, 3.63) is 88.0 Å². The molecular weight excluding hydrogens is 513 g/mol. The fourth-order valence-electron chi connectivity index (χ4n) is 4.65. The Morgan fingerprint density at radius 3 is 2.65 bits per heavy atom. The predicted molar refractivity (Wildman–Crippen MR) is 148 cm³/mol. The van der Waals surface area contributed by atoms with Crippen molar-refractivity contribution in [3.8, 4) is 17.2 Å². The minimum absolute atomic E-state index is 0.00877. The van der Waals surface area contributed by atoms with Gasteiger partial charge in [-0.1, -0.05) is 35.9 Å². The summed E-state index contributed by atoms with van der Waals surface area (Å²) in [6, 6.07) is 10.8. The number of aromatic nitrogens is 1. The predicted octanol–water partition coefficient (Wildman–Crippen LogP) is 6.60. The van der Waals surface area contributed by atoms with Crippen molar-refractivity contribution in [2.75, 3.05) is 7.11 Å². The molecule has 1 saturated carbocycles. The molecule has 2 amide bonds. The van der Waals surface area contributed by atoms with Crippen molar-refractivity contribution >= 4 is 18.1 Å². The molecule has 1 aliphatic heterocycles. The Kier molecular flexibility index (Phi) is 7.23. The second-order valence-electron chi connectivity index (χ2n) is 10.7. The number of amides is 2. The highest BCUT2D eigenvalue weighted by atomic mass is 19.1. The first-order chi connectivity index (χ1) is 19.1. The van der Waals surface area contributed by atoms with E-state index in [9.17, 15) is 9.59 Å². The van der Waals surface area contributed by atoms with Crippen LogP contribution in [0.25, 0.3) is 6.08 Å². The van der Waals surface area contributed by atoms with Gasteiger partial charge >= 0.3 is 6.09 Å². The fourth-order valence-corrected chi connectivity index (χ4v) is 4.65. The summed E-state index contributed by atoms with van der Waals surface area (Å²) in [4.78, 5) is 31.0. The number of hydrogen-bond donors (Lipinski definition) is 1. The Balaban J connectivity index is 1.53. The van der Waals surface area contributed by atoms with Gasteiger partial charge in [0, 0.05) is 0 Å². The van der Waals surface area contributed by atoms with Crippen molar-refractivity contribution < 1.29 is 28.2 Å². The average molecular weight is 546 g/mol. The van der Waals surface area contributed by atoms with Crippen LogP contribution < -0.4 is 14.9 Å². The Morgan fingerprint density at radius 1 is 1.18 bits per heavy atom. The minimum atomic E-state index is -0.761. The van der Waals surface area contributed by atoms with Gasteiger partial charge in [0.2, 0.25) is 0 Å². The quantitative estimate of drug-likeness (QED) is 0.351. The second-order valence-corrected chi connectivity index (χ2v) is 10.7. The van der Waals surface area contributed by atoms with E-state index in [4.69, 9.17) is 14.2 Å². The van der Waals surface area contributed by atoms with Gasteiger partial charge in [-0.2, -0.15) is 0 Å². The van der Waals surface area contributed by atoms with Crippen LogP contribution in [0.5, 0.6) is 17.2 Å². The molecule has 1 fully saturated rings. The maximum Gasteiger partial charge on any atom is 0.428 e. The Morgan fingerprint density at radius 2 is 1.95 bits per heavy atom. The summed E-state index contributed by atoms with van der Waals surface area (Å²) in [7, 11) is 1.23. The number of hydrazine groups is 1. The molecule has 0 spiro atoms. The first-order valence-corrected chi connectivity index (χ1v) is 13.2. The Hall–Kier alpha value is -4.40. The molecule has 3 aromatic rings. The first-order valence-electron chi connectivity index (χ1n) is 13.2. The lowest BCUT2D eigenvalue weighted by Gasteiger charge is -2.30. The summed E-state index contributed by atoms with van der Waals surface area (Å²) in [5.74, 6) is -0.870. The summed E-state index contributed by atoms with van der Waals surface area (Å²) < 4.78 is 32.5. The highest BCUT2D eigenvalue weighted by Gasteiger charge is 2.33. The van der Waals surface area contributed by atoms with Gasteiger partial charge in [-0.05, 0) is 81.4 Å². The van der Waals surface area contributed by atoms with E-state index in [1.54, 1.807) is 18.2 Å². The van der Waals surface area contributed by atoms with Gasteiger partial charge in [0.1, 0.15) is 16.9 Å². The molecule has 5 rings (SSSR count). The number of rotatable bonds is 6. The normalized spacial score (nSPS) is 15.1. The summed E-state index contributed by atoms with van der Waals surface area (Å²) in [5, 5.41) is 1.08. The number of methoxy groups -OCH3 is 1. The van der Waals surface area contributed by atoms with E-state index in [1.807, 2.05) is 52.0 Å². The summed E-state index contributed by atoms with van der Waals surface area (Å²) in [6.45, 7) is 7.63. The van der Waals surface area contributed by atoms with Crippen molar-refractivity contribution in [2.24, 2.45) is 0 Å². The zero-order chi connectivity index (χ0) is 28.6. The monoisotopic (exact) mass is 545 g/mol. The number of benzene rings is 2. The van der Waals surface area contributed by atoms with E-state index in [1.165, 1.54) is 19.4 Å². The molecule has 2 aromatic carbocycles. The van der Waals surface area contributed by atoms with E-state index in [2.05, 4.69) is 10.4 Å². The molecule has 2 heterocycles. The van der Waals surface area contributed by atoms with Gasteiger partial charge in [-0.3, -0.25) is 10.2 Å². The number of hydrogen-bond acceptors (Lipinski definition) is 6. The van der Waals surface area contributed by atoms with E-state index >= 15 is 4.39 Å². The number of fused-ring (bicyclic) bond motifs is 1. The van der Waals surface area contributed by atoms with Crippen LogP contribution in [0.3, 0.4) is 0 Å². The van der Waals surface area contributed by atoms with Crippen LogP contribution in [0.15, 0.2) is 48.7 Å². The molecule has 1 aliphatic carbocycles. The van der Waals surface area contributed by atoms with E-state index in [0.717, 1.165) is 34.5 Å². The van der Waals surface area contributed by atoms with Crippen LogP contribution >= 0.6 is 0 Å². The molecule has 9 heteroatoms. The number of halogens is 1. The van der Waals surface area contributed by atoms with Gasteiger partial charge in [0.05, 0.1) is 19.9 Å². The van der Waals surface area contributed by atoms with Crippen LogP contribution in [-0.4, -0.2) is 34.7 Å². The summed E-state index contributed by atoms with van der Waals surface area (Å²) in [5.41, 5.74) is 5.72. The highest BCUT2D eigenvalue weighted by molar-refractivity contribution is 6.01. The Bertz CT molecular complexity index is 1510. The number of nitrogens with zero attached hydrogens (tertiary/aromatic N) is 2. The molecular formula is C31H32FN3O5. The second kappa shape index (κ2) is 10.6. The van der Waals surface area contributed by atoms with Crippen molar-refractivity contribution in [2.45, 2.75) is 58.6 Å². The number of ether oxygens (including phenoxy) is 3. The van der Waals surface area contributed by atoms with Gasteiger partial charge in [0.15, 0.2) is 23.1 Å². The topological polar surface area (TPSA) is 90.0 Å². The SMILES string of the molecule is COC(=O)N(Cc1ccc(C)cc1C)NC(=O)c1c(Oc2cccc(C3CC3)c2F)cnc2c1OC(C)(C)C=C2. The van der Waals surface area contributed by atoms with Crippen molar-refractivity contribution in [1.29, 1.82) is 0 Å². The van der Waals surface area contributed by atoms with E-state index in [-0.39, 0.29) is 35.3 Å². The van der Waals surface area contributed by atoms with E-state index in [0.29, 0.717) is 11.3 Å². The van der Waals surface area contributed by atoms with Crippen LogP contribution in [0.4, 0.5) is 9.18 Å². The van der Waals surface area contributed by atoms with Gasteiger partial charge in [-0.25, -0.2) is 19.2 Å². The summed E-state index contributed by atoms with van der Waals surface area (Å²) >= 11 is 0. The smallest absolute Gasteiger partial charge is 0.428 e. The zero-order valence-electron chi connectivity index (χ0n) is 23.2. The highest BCUT2D eigenvalue weighted by Crippen LogP contribution is 2.44. The number of carbonyl (C=O) groups is 2. The molecule has 0 unspecified atom stereocenters. The first kappa shape index (κ1) is 27.2. The zero-order valence-corrected chi connectivity index (χ0v) is 23.2. The third kappa shape index (κ3) is 5.64. The number of aryl methyl sites for hydroxylation is 2. The van der Waals surface area contributed by atoms with Gasteiger partial charge in [-0.15, -0.1) is 0 Å². The van der Waals surface area contributed by atoms with Gasteiger partial charge in [0.25, 0.3) is 5.91 Å². The molecule has 40 heavy (non-hydrogen) atoms. The number of pyridine rings is 1. The largest absolute Gasteiger partial charge is 0.481 e. The minimum Gasteiger partial charge on any atom is -0.481 e. The molecule has 0 saturated heterocycles. The molecule has 2 aliphatic rings. The van der Waals surface area contributed by atoms with Crippen LogP contribution in [-0.2, 0) is 11.3 Å². The summed E-state index contributed by atoms with van der Waals surface area (Å²) in [6.07, 6.45) is 6.02. The third-order valence-corrected chi connectivity index (χ3v) is 6.95. The molecule has 1 N–H and O–H groups in total. The molecule has 208 valence electrons. The lowest BCUT2D eigenvalue weighted by atomic mass is 10.0. The van der Waals surface area contributed by atoms with Crippen LogP contribution in [0.1, 0.15) is 70.9 Å². The average Bonchev–Trinajstić information content (AvgIpc) is 3.75. The lowest BCUT2D eigenvalue weighted by molar-refractivity contribution is 0.0679. The van der Waals surface area contributed by atoms with Gasteiger partial charge < -0.3 is 14.2 Å². The maximum atomic E-state index is 15.4. The Labute approximate surface area is 232 Å². The maximum absolute atomic E-state index is 15.4. The van der Waals surface area contributed by atoms with E-state index < -0.39 is 23.4 Å². The molecule has 8 nitrogen and oxygen atoms in total. The molecule has 1 aromatic heterocycles. The third-order valence-electron chi connectivity index (χ3n) is 6.95. The van der Waals surface area contributed by atoms with Crippen LogP contribution in [0.2, 0.25) is 0 Å². The lowest BCUT2D eigenvalue weighted by Crippen LogP contribution is -2.46. The number of carbonyl (C=O) groups excluding carboxylic acids is 2. The molecule has 0 radical (unpaired) electrons. The molecule has 0 atom stereocenters. The van der Waals surface area contributed by atoms with Crippen molar-refractivity contribution in [1.82, 2.24) is 15.4 Å². The molecule has 0 bridgehead atoms. The van der Waals surface area contributed by atoms with Crippen LogP contribution in [0, 0.1) is 19.7 Å². The fraction of sp³-hybridized carbons (Fsp3) is 0.323. The van der Waals surface area contributed by atoms with Crippen molar-refractivity contribution in [3.63, 3.8) is 0 Å².